The molecular formula is C21H24N3O4+. The third-order valence-electron chi connectivity index (χ3n) is 5.53. The first-order valence-corrected chi connectivity index (χ1v) is 9.77. The number of unbranched alkanes of at least 4 members (excludes halogenated alkanes) is 1. The monoisotopic (exact) mass is 382 g/mol. The summed E-state index contributed by atoms with van der Waals surface area (Å²) in [5.41, 5.74) is 1.02. The number of carbonyl (C=O) groups excluding carboxylic acids is 3. The van der Waals surface area contributed by atoms with E-state index >= 15 is 0 Å². The van der Waals surface area contributed by atoms with Crippen LogP contribution in [0.5, 0.6) is 0 Å². The standard InChI is InChI=1S/C21H23N3O4/c25-19-16-6-1-2-7-17(16)20(26)24(19)10-4-3-9-22-11-13-23(14-12-22)21(27)18-8-5-15-28-18/h1-2,5-8,15H,3-4,9-14H2/p+1. The van der Waals surface area contributed by atoms with Crippen LogP contribution in [-0.2, 0) is 0 Å². The Bertz CT molecular complexity index is 835. The molecule has 0 bridgehead atoms. The van der Waals surface area contributed by atoms with Gasteiger partial charge < -0.3 is 14.2 Å². The van der Waals surface area contributed by atoms with E-state index in [4.69, 9.17) is 4.42 Å². The molecule has 1 aromatic carbocycles. The van der Waals surface area contributed by atoms with Crippen LogP contribution in [0.2, 0.25) is 0 Å². The van der Waals surface area contributed by atoms with Crippen LogP contribution < -0.4 is 4.90 Å². The fourth-order valence-electron chi connectivity index (χ4n) is 3.92. The number of quaternary nitrogens is 1. The topological polar surface area (TPSA) is 75.3 Å². The van der Waals surface area contributed by atoms with Crippen molar-refractivity contribution in [3.63, 3.8) is 0 Å². The molecule has 146 valence electrons. The fourth-order valence-corrected chi connectivity index (χ4v) is 3.92. The molecule has 0 saturated carbocycles. The summed E-state index contributed by atoms with van der Waals surface area (Å²) in [6.45, 7) is 4.67. The van der Waals surface area contributed by atoms with Crippen LogP contribution in [0.3, 0.4) is 0 Å². The van der Waals surface area contributed by atoms with Crippen molar-refractivity contribution in [1.29, 1.82) is 0 Å². The number of hydrogen-bond acceptors (Lipinski definition) is 4. The number of furan rings is 1. The summed E-state index contributed by atoms with van der Waals surface area (Å²) in [4.78, 5) is 41.6. The minimum Gasteiger partial charge on any atom is -0.459 e. The molecule has 7 heteroatoms. The smallest absolute Gasteiger partial charge is 0.289 e. The van der Waals surface area contributed by atoms with Crippen molar-refractivity contribution in [2.45, 2.75) is 12.8 Å². The normalized spacial score (nSPS) is 17.3. The predicted octanol–water partition coefficient (Wildman–Crippen LogP) is 0.697. The fraction of sp³-hybridized carbons (Fsp3) is 0.381. The Labute approximate surface area is 163 Å². The van der Waals surface area contributed by atoms with E-state index in [0.29, 0.717) is 36.5 Å². The van der Waals surface area contributed by atoms with Gasteiger partial charge in [0.25, 0.3) is 17.7 Å². The zero-order chi connectivity index (χ0) is 19.5. The Hall–Kier alpha value is -2.93. The molecule has 0 aliphatic carbocycles. The van der Waals surface area contributed by atoms with Crippen molar-refractivity contribution in [3.05, 3.63) is 59.5 Å². The zero-order valence-corrected chi connectivity index (χ0v) is 15.7. The van der Waals surface area contributed by atoms with Gasteiger partial charge in [-0.25, -0.2) is 0 Å². The van der Waals surface area contributed by atoms with E-state index in [2.05, 4.69) is 0 Å². The number of fused-ring (bicyclic) bond motifs is 1. The van der Waals surface area contributed by atoms with Gasteiger partial charge in [-0.15, -0.1) is 0 Å². The van der Waals surface area contributed by atoms with Gasteiger partial charge in [-0.3, -0.25) is 19.3 Å². The highest BCUT2D eigenvalue weighted by Crippen LogP contribution is 2.22. The molecule has 4 rings (SSSR count). The minimum absolute atomic E-state index is 0.0466. The van der Waals surface area contributed by atoms with Gasteiger partial charge >= 0.3 is 0 Å². The van der Waals surface area contributed by atoms with Crippen LogP contribution in [-0.4, -0.2) is 66.8 Å². The second kappa shape index (κ2) is 7.98. The average molecular weight is 382 g/mol. The largest absolute Gasteiger partial charge is 0.459 e. The molecule has 3 heterocycles. The number of imide groups is 1. The van der Waals surface area contributed by atoms with Crippen molar-refractivity contribution >= 4 is 17.7 Å². The lowest BCUT2D eigenvalue weighted by molar-refractivity contribution is -0.904. The highest BCUT2D eigenvalue weighted by Gasteiger charge is 2.34. The van der Waals surface area contributed by atoms with E-state index in [1.54, 1.807) is 36.4 Å². The number of carbonyl (C=O) groups is 3. The van der Waals surface area contributed by atoms with Crippen molar-refractivity contribution < 1.29 is 23.7 Å². The van der Waals surface area contributed by atoms with E-state index in [1.807, 2.05) is 4.90 Å². The molecule has 1 fully saturated rings. The minimum atomic E-state index is -0.182. The summed E-state index contributed by atoms with van der Waals surface area (Å²) in [7, 11) is 0. The summed E-state index contributed by atoms with van der Waals surface area (Å²) in [5, 5.41) is 0. The van der Waals surface area contributed by atoms with Gasteiger partial charge in [0.05, 0.1) is 50.1 Å². The van der Waals surface area contributed by atoms with Crippen LogP contribution in [0, 0.1) is 0 Å². The third kappa shape index (κ3) is 3.57. The molecule has 1 N–H and O–H groups in total. The Morgan fingerprint density at radius 3 is 2.25 bits per heavy atom. The Kier molecular flexibility index (Phi) is 5.25. The van der Waals surface area contributed by atoms with Crippen molar-refractivity contribution in [2.75, 3.05) is 39.3 Å². The Balaban J connectivity index is 1.19. The second-order valence-corrected chi connectivity index (χ2v) is 7.28. The SMILES string of the molecule is O=C(c1ccco1)N1CC[NH+](CCCCN2C(=O)c3ccccc3C2=O)CC1. The van der Waals surface area contributed by atoms with Crippen molar-refractivity contribution in [1.82, 2.24) is 9.80 Å². The molecule has 1 aromatic heterocycles. The molecule has 2 aliphatic heterocycles. The van der Waals surface area contributed by atoms with E-state index < -0.39 is 0 Å². The summed E-state index contributed by atoms with van der Waals surface area (Å²) in [6.07, 6.45) is 3.25. The zero-order valence-electron chi connectivity index (χ0n) is 15.7. The van der Waals surface area contributed by atoms with Crippen LogP contribution >= 0.6 is 0 Å². The first kappa shape index (κ1) is 18.4. The molecule has 2 aliphatic rings. The Morgan fingerprint density at radius 1 is 0.964 bits per heavy atom. The second-order valence-electron chi connectivity index (χ2n) is 7.28. The highest BCUT2D eigenvalue weighted by molar-refractivity contribution is 6.21. The average Bonchev–Trinajstić information content (AvgIpc) is 3.35. The summed E-state index contributed by atoms with van der Waals surface area (Å²) in [6, 6.07) is 10.4. The van der Waals surface area contributed by atoms with Crippen molar-refractivity contribution in [3.8, 4) is 0 Å². The van der Waals surface area contributed by atoms with Crippen molar-refractivity contribution in [2.24, 2.45) is 0 Å². The van der Waals surface area contributed by atoms with Crippen LogP contribution in [0.4, 0.5) is 0 Å². The molecule has 1 saturated heterocycles. The lowest BCUT2D eigenvalue weighted by atomic mass is 10.1. The van der Waals surface area contributed by atoms with E-state index in [-0.39, 0.29) is 17.7 Å². The first-order chi connectivity index (χ1) is 13.6. The molecule has 0 radical (unpaired) electrons. The molecule has 2 aromatic rings. The highest BCUT2D eigenvalue weighted by atomic mass is 16.3. The van der Waals surface area contributed by atoms with Gasteiger partial charge in [0, 0.05) is 6.54 Å². The molecule has 28 heavy (non-hydrogen) atoms. The maximum absolute atomic E-state index is 12.4. The van der Waals surface area contributed by atoms with Crippen LogP contribution in [0.1, 0.15) is 44.1 Å². The third-order valence-corrected chi connectivity index (χ3v) is 5.53. The molecule has 0 unspecified atom stereocenters. The maximum atomic E-state index is 12.4. The van der Waals surface area contributed by atoms with E-state index in [9.17, 15) is 14.4 Å². The number of piperazine rings is 1. The Morgan fingerprint density at radius 2 is 1.64 bits per heavy atom. The van der Waals surface area contributed by atoms with E-state index in [0.717, 1.165) is 32.5 Å². The quantitative estimate of drug-likeness (QED) is 0.589. The number of amides is 3. The number of benzene rings is 1. The molecule has 0 spiro atoms. The summed E-state index contributed by atoms with van der Waals surface area (Å²) in [5.74, 6) is -0.0185. The predicted molar refractivity (Wildman–Crippen MR) is 101 cm³/mol. The molecular weight excluding hydrogens is 358 g/mol. The number of nitrogens with zero attached hydrogens (tertiary/aromatic N) is 2. The van der Waals surface area contributed by atoms with Gasteiger partial charge in [0.15, 0.2) is 5.76 Å². The van der Waals surface area contributed by atoms with Gasteiger partial charge in [0.1, 0.15) is 0 Å². The molecule has 3 amide bonds. The van der Waals surface area contributed by atoms with Gasteiger partial charge in [-0.05, 0) is 37.1 Å². The van der Waals surface area contributed by atoms with E-state index in [1.165, 1.54) is 16.1 Å². The molecule has 7 nitrogen and oxygen atoms in total. The van der Waals surface area contributed by atoms with Gasteiger partial charge in [0.2, 0.25) is 0 Å². The van der Waals surface area contributed by atoms with Gasteiger partial charge in [-0.2, -0.15) is 0 Å². The first-order valence-electron chi connectivity index (χ1n) is 9.77. The number of hydrogen-bond donors (Lipinski definition) is 1. The molecule has 0 atom stereocenters. The maximum Gasteiger partial charge on any atom is 0.289 e. The lowest BCUT2D eigenvalue weighted by Crippen LogP contribution is -3.14. The number of nitrogens with one attached hydrogen (secondary N) is 1. The van der Waals surface area contributed by atoms with Crippen LogP contribution in [0.15, 0.2) is 47.1 Å². The van der Waals surface area contributed by atoms with Crippen LogP contribution in [0.25, 0.3) is 0 Å². The number of rotatable bonds is 6. The lowest BCUT2D eigenvalue weighted by Gasteiger charge is -2.31. The summed E-state index contributed by atoms with van der Waals surface area (Å²) < 4.78 is 5.19. The summed E-state index contributed by atoms with van der Waals surface area (Å²) >= 11 is 0. The van der Waals surface area contributed by atoms with Gasteiger partial charge in [-0.1, -0.05) is 12.1 Å².